The molecule has 2 amide bonds. The molecule has 6 nitrogen and oxygen atoms in total. The quantitative estimate of drug-likeness (QED) is 0.707. The molecule has 0 fully saturated rings. The molecule has 2 rings (SSSR count). The summed E-state index contributed by atoms with van der Waals surface area (Å²) in [5.74, 6) is -3.35. The molecule has 0 aliphatic rings. The van der Waals surface area contributed by atoms with E-state index < -0.39 is 35.1 Å². The Hall–Kier alpha value is -3.03. The molecule has 0 bridgehead atoms. The second kappa shape index (κ2) is 9.95. The molecule has 1 heterocycles. The normalized spacial score (nSPS) is 12.0. The van der Waals surface area contributed by atoms with Crippen LogP contribution >= 0.6 is 0 Å². The Morgan fingerprint density at radius 2 is 1.72 bits per heavy atom. The highest BCUT2D eigenvalue weighted by Gasteiger charge is 2.27. The van der Waals surface area contributed by atoms with Gasteiger partial charge in [0, 0.05) is 18.3 Å². The summed E-state index contributed by atoms with van der Waals surface area (Å²) in [5, 5.41) is 5.14. The van der Waals surface area contributed by atoms with Crippen molar-refractivity contribution in [2.45, 2.75) is 46.4 Å². The first-order chi connectivity index (χ1) is 13.7. The van der Waals surface area contributed by atoms with Crippen LogP contribution in [-0.2, 0) is 11.3 Å². The van der Waals surface area contributed by atoms with Crippen molar-refractivity contribution in [3.8, 4) is 5.88 Å². The molecule has 0 saturated carbocycles. The molecule has 2 N–H and O–H groups in total. The molecule has 0 aliphatic carbocycles. The number of amides is 2. The van der Waals surface area contributed by atoms with Gasteiger partial charge in [0.15, 0.2) is 0 Å². The van der Waals surface area contributed by atoms with Crippen LogP contribution in [0, 0.1) is 17.6 Å². The smallest absolute Gasteiger partial charge is 0.257 e. The molecule has 1 unspecified atom stereocenters. The lowest BCUT2D eigenvalue weighted by Crippen LogP contribution is -2.49. The Morgan fingerprint density at radius 1 is 1.07 bits per heavy atom. The lowest BCUT2D eigenvalue weighted by atomic mass is 10.0. The summed E-state index contributed by atoms with van der Waals surface area (Å²) in [6.07, 6.45) is 1.50. The SMILES string of the molecule is CC(C)Oc1ncccc1CNC(=O)C(NC(=O)c1c(F)cccc1F)C(C)C. The van der Waals surface area contributed by atoms with Crippen molar-refractivity contribution in [1.82, 2.24) is 15.6 Å². The van der Waals surface area contributed by atoms with Crippen molar-refractivity contribution in [2.75, 3.05) is 0 Å². The van der Waals surface area contributed by atoms with E-state index in [9.17, 15) is 18.4 Å². The molecule has 2 aromatic rings. The van der Waals surface area contributed by atoms with E-state index >= 15 is 0 Å². The minimum Gasteiger partial charge on any atom is -0.475 e. The van der Waals surface area contributed by atoms with Gasteiger partial charge in [-0.15, -0.1) is 0 Å². The van der Waals surface area contributed by atoms with E-state index in [0.29, 0.717) is 11.4 Å². The number of hydrogen-bond donors (Lipinski definition) is 2. The van der Waals surface area contributed by atoms with E-state index in [1.54, 1.807) is 32.2 Å². The van der Waals surface area contributed by atoms with Crippen LogP contribution in [-0.4, -0.2) is 28.9 Å². The molecular formula is C21H25F2N3O3. The maximum absolute atomic E-state index is 13.8. The zero-order valence-corrected chi connectivity index (χ0v) is 16.8. The van der Waals surface area contributed by atoms with Crippen LogP contribution in [0.5, 0.6) is 5.88 Å². The van der Waals surface area contributed by atoms with Crippen molar-refractivity contribution < 1.29 is 23.1 Å². The molecule has 8 heteroatoms. The Morgan fingerprint density at radius 3 is 2.31 bits per heavy atom. The second-order valence-corrected chi connectivity index (χ2v) is 7.14. The monoisotopic (exact) mass is 405 g/mol. The summed E-state index contributed by atoms with van der Waals surface area (Å²) in [6.45, 7) is 7.30. The van der Waals surface area contributed by atoms with Crippen LogP contribution in [0.4, 0.5) is 8.78 Å². The molecule has 0 spiro atoms. The molecule has 0 saturated heterocycles. The Balaban J connectivity index is 2.10. The van der Waals surface area contributed by atoms with Crippen molar-refractivity contribution in [3.63, 3.8) is 0 Å². The van der Waals surface area contributed by atoms with E-state index in [1.807, 2.05) is 13.8 Å². The van der Waals surface area contributed by atoms with Gasteiger partial charge >= 0.3 is 0 Å². The number of carbonyl (C=O) groups excluding carboxylic acids is 2. The van der Waals surface area contributed by atoms with Crippen molar-refractivity contribution >= 4 is 11.8 Å². The average Bonchev–Trinajstić information content (AvgIpc) is 2.64. The summed E-state index contributed by atoms with van der Waals surface area (Å²) in [6, 6.07) is 5.65. The lowest BCUT2D eigenvalue weighted by Gasteiger charge is -2.22. The summed E-state index contributed by atoms with van der Waals surface area (Å²) in [4.78, 5) is 29.2. The van der Waals surface area contributed by atoms with Crippen LogP contribution in [0.2, 0.25) is 0 Å². The number of hydrogen-bond acceptors (Lipinski definition) is 4. The number of pyridine rings is 1. The second-order valence-electron chi connectivity index (χ2n) is 7.14. The third-order valence-electron chi connectivity index (χ3n) is 4.08. The van der Waals surface area contributed by atoms with Gasteiger partial charge in [0.1, 0.15) is 23.2 Å². The van der Waals surface area contributed by atoms with Gasteiger partial charge in [-0.2, -0.15) is 0 Å². The van der Waals surface area contributed by atoms with Gasteiger partial charge in [-0.05, 0) is 38.0 Å². The first-order valence-electron chi connectivity index (χ1n) is 9.33. The number of carbonyl (C=O) groups is 2. The van der Waals surface area contributed by atoms with Gasteiger partial charge in [0.05, 0.1) is 6.10 Å². The highest BCUT2D eigenvalue weighted by atomic mass is 19.1. The molecule has 156 valence electrons. The number of ether oxygens (including phenoxy) is 1. The van der Waals surface area contributed by atoms with Gasteiger partial charge in [0.2, 0.25) is 11.8 Å². The van der Waals surface area contributed by atoms with E-state index in [1.165, 1.54) is 6.07 Å². The average molecular weight is 405 g/mol. The van der Waals surface area contributed by atoms with Crippen molar-refractivity contribution in [2.24, 2.45) is 5.92 Å². The van der Waals surface area contributed by atoms with Crippen LogP contribution < -0.4 is 15.4 Å². The first-order valence-corrected chi connectivity index (χ1v) is 9.33. The number of nitrogens with one attached hydrogen (secondary N) is 2. The van der Waals surface area contributed by atoms with E-state index in [-0.39, 0.29) is 18.6 Å². The van der Waals surface area contributed by atoms with Crippen LogP contribution in [0.25, 0.3) is 0 Å². The fraction of sp³-hybridized carbons (Fsp3) is 0.381. The van der Waals surface area contributed by atoms with Crippen molar-refractivity contribution in [3.05, 3.63) is 59.3 Å². The largest absolute Gasteiger partial charge is 0.475 e. The molecule has 0 radical (unpaired) electrons. The molecule has 29 heavy (non-hydrogen) atoms. The minimum atomic E-state index is -0.990. The van der Waals surface area contributed by atoms with Crippen LogP contribution in [0.1, 0.15) is 43.6 Å². The highest BCUT2D eigenvalue weighted by molar-refractivity contribution is 5.98. The molecule has 1 aromatic carbocycles. The van der Waals surface area contributed by atoms with Gasteiger partial charge in [0.25, 0.3) is 5.91 Å². The van der Waals surface area contributed by atoms with Gasteiger partial charge in [-0.25, -0.2) is 13.8 Å². The summed E-state index contributed by atoms with van der Waals surface area (Å²) in [5.41, 5.74) is -0.0469. The maximum atomic E-state index is 13.8. The predicted molar refractivity (Wildman–Crippen MR) is 104 cm³/mol. The third-order valence-corrected chi connectivity index (χ3v) is 4.08. The topological polar surface area (TPSA) is 80.3 Å². The zero-order valence-electron chi connectivity index (χ0n) is 16.8. The number of halogens is 2. The third kappa shape index (κ3) is 5.97. The molecule has 1 atom stereocenters. The zero-order chi connectivity index (χ0) is 21.6. The van der Waals surface area contributed by atoms with Crippen LogP contribution in [0.15, 0.2) is 36.5 Å². The number of rotatable bonds is 8. The molecule has 0 aliphatic heterocycles. The number of nitrogens with zero attached hydrogens (tertiary/aromatic N) is 1. The maximum Gasteiger partial charge on any atom is 0.257 e. The van der Waals surface area contributed by atoms with E-state index in [0.717, 1.165) is 12.1 Å². The molecular weight excluding hydrogens is 380 g/mol. The summed E-state index contributed by atoms with van der Waals surface area (Å²) < 4.78 is 33.3. The Bertz CT molecular complexity index is 852. The van der Waals surface area contributed by atoms with Gasteiger partial charge < -0.3 is 15.4 Å². The number of benzene rings is 1. The Labute approximate surface area is 168 Å². The minimum absolute atomic E-state index is 0.0854. The first kappa shape index (κ1) is 22.3. The fourth-order valence-corrected chi connectivity index (χ4v) is 2.64. The fourth-order valence-electron chi connectivity index (χ4n) is 2.64. The van der Waals surface area contributed by atoms with Crippen molar-refractivity contribution in [1.29, 1.82) is 0 Å². The summed E-state index contributed by atoms with van der Waals surface area (Å²) >= 11 is 0. The molecule has 1 aromatic heterocycles. The lowest BCUT2D eigenvalue weighted by molar-refractivity contribution is -0.124. The van der Waals surface area contributed by atoms with E-state index in [4.69, 9.17) is 4.74 Å². The standard InChI is InChI=1S/C21H25F2N3O3/c1-12(2)18(26-19(27)17-15(22)8-5-9-16(17)23)20(28)25-11-14-7-6-10-24-21(14)29-13(3)4/h5-10,12-13,18H,11H2,1-4H3,(H,25,28)(H,26,27). The highest BCUT2D eigenvalue weighted by Crippen LogP contribution is 2.16. The van der Waals surface area contributed by atoms with Gasteiger partial charge in [-0.3, -0.25) is 9.59 Å². The number of aromatic nitrogens is 1. The van der Waals surface area contributed by atoms with Crippen LogP contribution in [0.3, 0.4) is 0 Å². The van der Waals surface area contributed by atoms with Gasteiger partial charge in [-0.1, -0.05) is 26.0 Å². The van der Waals surface area contributed by atoms with E-state index in [2.05, 4.69) is 15.6 Å². The summed E-state index contributed by atoms with van der Waals surface area (Å²) in [7, 11) is 0. The Kier molecular flexibility index (Phi) is 7.64. The predicted octanol–water partition coefficient (Wildman–Crippen LogP) is 3.22.